The number of carbonyl (C=O) groups excluding carboxylic acids is 4. The fourth-order valence-corrected chi connectivity index (χ4v) is 8.40. The predicted octanol–water partition coefficient (Wildman–Crippen LogP) is 2.94. The molecule has 54 heavy (non-hydrogen) atoms. The molecule has 4 aliphatic rings. The van der Waals surface area contributed by atoms with Gasteiger partial charge in [-0.1, -0.05) is 55.3 Å². The number of carbonyl (C=O) groups is 4. The summed E-state index contributed by atoms with van der Waals surface area (Å²) >= 11 is 0. The normalized spacial score (nSPS) is 26.2. The third-order valence-corrected chi connectivity index (χ3v) is 12.2. The number of rotatable bonds is 8. The fourth-order valence-electron chi connectivity index (χ4n) is 7.05. The summed E-state index contributed by atoms with van der Waals surface area (Å²) in [6, 6.07) is 3.60. The topological polar surface area (TPSA) is 203 Å². The smallest absolute Gasteiger partial charge is 0.274 e. The van der Waals surface area contributed by atoms with E-state index in [2.05, 4.69) is 30.5 Å². The molecule has 2 aliphatic heterocycles. The molecule has 286 valence electrons. The Hall–Kier alpha value is -5.19. The Balaban J connectivity index is 1.21. The van der Waals surface area contributed by atoms with E-state index < -0.39 is 74.4 Å². The fraction of sp³-hybridized carbons (Fsp3) is 0.486. The minimum atomic E-state index is -3.97. The number of allylic oxidation sites excluding steroid dienone is 1. The highest BCUT2D eigenvalue weighted by Gasteiger charge is 2.53. The van der Waals surface area contributed by atoms with Crippen molar-refractivity contribution < 1.29 is 41.2 Å². The van der Waals surface area contributed by atoms with Crippen molar-refractivity contribution in [1.82, 2.24) is 35.4 Å². The van der Waals surface area contributed by atoms with Crippen molar-refractivity contribution in [3.63, 3.8) is 0 Å². The summed E-state index contributed by atoms with van der Waals surface area (Å²) in [5.74, 6) is -3.56. The van der Waals surface area contributed by atoms with Gasteiger partial charge in [0.25, 0.3) is 11.8 Å². The van der Waals surface area contributed by atoms with Crippen LogP contribution in [0.5, 0.6) is 5.88 Å². The summed E-state index contributed by atoms with van der Waals surface area (Å²) in [6.07, 6.45) is 10.2. The Morgan fingerprint density at radius 2 is 1.94 bits per heavy atom. The minimum absolute atomic E-state index is 0.00658. The van der Waals surface area contributed by atoms with Crippen LogP contribution < -0.4 is 20.1 Å². The maximum absolute atomic E-state index is 14.7. The van der Waals surface area contributed by atoms with E-state index in [0.29, 0.717) is 55.5 Å². The molecule has 2 fully saturated rings. The molecule has 17 heteroatoms. The van der Waals surface area contributed by atoms with Gasteiger partial charge >= 0.3 is 0 Å². The lowest BCUT2D eigenvalue weighted by Crippen LogP contribution is -2.67. The van der Waals surface area contributed by atoms with Gasteiger partial charge in [-0.15, -0.1) is 0 Å². The van der Waals surface area contributed by atoms with Crippen LogP contribution in [0.15, 0.2) is 53.1 Å². The molecule has 0 bridgehead atoms. The first-order chi connectivity index (χ1) is 25.9. The lowest BCUT2D eigenvalue weighted by molar-refractivity contribution is -0.142. The number of benzene rings is 1. The molecule has 1 saturated carbocycles. The van der Waals surface area contributed by atoms with Gasteiger partial charge in [-0.25, -0.2) is 22.8 Å². The van der Waals surface area contributed by atoms with Crippen molar-refractivity contribution in [1.29, 1.82) is 0 Å². The maximum Gasteiger partial charge on any atom is 0.274 e. The molecule has 1 saturated heterocycles. The van der Waals surface area contributed by atoms with E-state index in [4.69, 9.17) is 9.26 Å². The number of halogens is 1. The number of aryl methyl sites for hydroxylation is 2. The summed E-state index contributed by atoms with van der Waals surface area (Å²) < 4.78 is 54.1. The number of nitrogens with one attached hydrogen (secondary N) is 3. The maximum atomic E-state index is 14.7. The summed E-state index contributed by atoms with van der Waals surface area (Å²) in [5, 5.41) is 8.76. The lowest BCUT2D eigenvalue weighted by Gasteiger charge is -2.42. The van der Waals surface area contributed by atoms with Crippen LogP contribution in [0.3, 0.4) is 0 Å². The first-order valence-corrected chi connectivity index (χ1v) is 19.8. The van der Waals surface area contributed by atoms with Crippen molar-refractivity contribution in [2.45, 2.75) is 101 Å². The van der Waals surface area contributed by atoms with Gasteiger partial charge in [-0.05, 0) is 51.2 Å². The van der Waals surface area contributed by atoms with Crippen LogP contribution in [0.25, 0.3) is 11.0 Å². The Bertz CT molecular complexity index is 2150. The lowest BCUT2D eigenvalue weighted by atomic mass is 9.73. The molecular formula is C37H42FN7O8S. The Labute approximate surface area is 311 Å². The summed E-state index contributed by atoms with van der Waals surface area (Å²) in [6.45, 7) is 3.37. The number of aromatic nitrogens is 3. The van der Waals surface area contributed by atoms with E-state index in [-0.39, 0.29) is 36.5 Å². The van der Waals surface area contributed by atoms with Crippen LogP contribution >= 0.6 is 0 Å². The number of amides is 4. The molecule has 3 N–H and O–H groups in total. The van der Waals surface area contributed by atoms with Crippen LogP contribution in [0.1, 0.15) is 80.2 Å². The number of fused-ring (bicyclic) bond motifs is 3. The van der Waals surface area contributed by atoms with Crippen LogP contribution in [0, 0.1) is 18.7 Å². The molecule has 1 aromatic carbocycles. The second-order valence-electron chi connectivity index (χ2n) is 14.2. The monoisotopic (exact) mass is 763 g/mol. The molecular weight excluding hydrogens is 722 g/mol. The number of ether oxygens (including phenoxy) is 1. The molecule has 0 radical (unpaired) electrons. The SMILES string of the molecule is CCc1cc(C(=O)NC2CCCCCC=CC3C=CC3(C(=O)NS(=O)(=O)C3CC3)NC(=O)C3CC(Oc4nc5c(F)cccc5nc4C)CN3C2=O)no1. The molecule has 5 unspecified atom stereocenters. The van der Waals surface area contributed by atoms with Crippen molar-refractivity contribution >= 4 is 44.7 Å². The van der Waals surface area contributed by atoms with Crippen LogP contribution in [0.2, 0.25) is 0 Å². The molecule has 4 heterocycles. The number of sulfonamides is 1. The standard InChI is InChI=1S/C37H42FN7O8S/c1-3-23-18-29(43-53-23)32(46)40-28-12-8-6-4-5-7-10-22-16-17-37(22,36(49)44-54(50,51)25-14-15-25)42-33(47)30-19-24(20-45(30)35(28)48)52-34-21(2)39-27-13-9-11-26(38)31(27)41-34/h7,9-11,13,16-18,22,24-25,28,30H,3-6,8,12,14-15,19-20H2,1-2H3,(H,40,46)(H,42,47)(H,44,49). The summed E-state index contributed by atoms with van der Waals surface area (Å²) in [4.78, 5) is 66.2. The van der Waals surface area contributed by atoms with E-state index in [1.54, 1.807) is 25.1 Å². The molecule has 7 rings (SSSR count). The van der Waals surface area contributed by atoms with Crippen LogP contribution in [-0.2, 0) is 30.8 Å². The average Bonchev–Trinajstić information content (AvgIpc) is 3.75. The van der Waals surface area contributed by atoms with E-state index in [1.807, 2.05) is 13.0 Å². The summed E-state index contributed by atoms with van der Waals surface area (Å²) in [5.41, 5.74) is -1.06. The second kappa shape index (κ2) is 14.9. The van der Waals surface area contributed by atoms with Gasteiger partial charge in [0.05, 0.1) is 17.3 Å². The van der Waals surface area contributed by atoms with Gasteiger partial charge < -0.3 is 24.8 Å². The molecule has 2 aliphatic carbocycles. The van der Waals surface area contributed by atoms with E-state index >= 15 is 0 Å². The number of nitrogens with zero attached hydrogens (tertiary/aromatic N) is 4. The van der Waals surface area contributed by atoms with Gasteiger partial charge in [-0.2, -0.15) is 0 Å². The Kier molecular flexibility index (Phi) is 10.3. The molecule has 5 atom stereocenters. The van der Waals surface area contributed by atoms with Gasteiger partial charge in [0.15, 0.2) is 11.5 Å². The van der Waals surface area contributed by atoms with Crippen LogP contribution in [-0.4, -0.2) is 87.6 Å². The molecule has 0 spiro atoms. The van der Waals surface area contributed by atoms with Gasteiger partial charge in [0.2, 0.25) is 27.7 Å². The zero-order chi connectivity index (χ0) is 38.2. The van der Waals surface area contributed by atoms with Crippen molar-refractivity contribution in [2.75, 3.05) is 6.54 Å². The molecule has 4 amide bonds. The first-order valence-electron chi connectivity index (χ1n) is 18.3. The predicted molar refractivity (Wildman–Crippen MR) is 192 cm³/mol. The third kappa shape index (κ3) is 7.45. The average molecular weight is 764 g/mol. The molecule has 15 nitrogen and oxygen atoms in total. The van der Waals surface area contributed by atoms with Crippen molar-refractivity contribution in [3.8, 4) is 5.88 Å². The summed E-state index contributed by atoms with van der Waals surface area (Å²) in [7, 11) is -3.97. The highest BCUT2D eigenvalue weighted by atomic mass is 32.2. The number of hydrogen-bond acceptors (Lipinski definition) is 11. The van der Waals surface area contributed by atoms with Crippen LogP contribution in [0.4, 0.5) is 4.39 Å². The van der Waals surface area contributed by atoms with Gasteiger partial charge in [-0.3, -0.25) is 23.9 Å². The minimum Gasteiger partial charge on any atom is -0.471 e. The Morgan fingerprint density at radius 1 is 1.13 bits per heavy atom. The number of para-hydroxylation sites is 1. The largest absolute Gasteiger partial charge is 0.471 e. The zero-order valence-electron chi connectivity index (χ0n) is 29.9. The first kappa shape index (κ1) is 37.1. The van der Waals surface area contributed by atoms with E-state index in [9.17, 15) is 32.0 Å². The van der Waals surface area contributed by atoms with E-state index in [1.165, 1.54) is 29.2 Å². The highest BCUT2D eigenvalue weighted by Crippen LogP contribution is 2.36. The quantitative estimate of drug-likeness (QED) is 0.285. The van der Waals surface area contributed by atoms with Crippen molar-refractivity contribution in [3.05, 3.63) is 71.5 Å². The second-order valence-corrected chi connectivity index (χ2v) is 16.2. The highest BCUT2D eigenvalue weighted by molar-refractivity contribution is 7.91. The van der Waals surface area contributed by atoms with E-state index in [0.717, 1.165) is 6.42 Å². The third-order valence-electron chi connectivity index (χ3n) is 10.3. The zero-order valence-corrected chi connectivity index (χ0v) is 30.7. The van der Waals surface area contributed by atoms with Crippen molar-refractivity contribution in [2.24, 2.45) is 5.92 Å². The van der Waals surface area contributed by atoms with Gasteiger partial charge in [0.1, 0.15) is 40.7 Å². The number of hydrogen-bond donors (Lipinski definition) is 3. The van der Waals surface area contributed by atoms with Gasteiger partial charge in [0, 0.05) is 24.8 Å². The Morgan fingerprint density at radius 3 is 2.67 bits per heavy atom. The molecule has 3 aromatic rings. The molecule has 2 aromatic heterocycles.